The van der Waals surface area contributed by atoms with E-state index in [9.17, 15) is 4.79 Å². The van der Waals surface area contributed by atoms with Crippen LogP contribution in [0.4, 0.5) is 0 Å². The number of hydrogen-bond donors (Lipinski definition) is 1. The minimum absolute atomic E-state index is 0.0643. The number of aromatic nitrogens is 3. The monoisotopic (exact) mass is 300 g/mol. The van der Waals surface area contributed by atoms with E-state index in [-0.39, 0.29) is 11.9 Å². The number of rotatable bonds is 3. The van der Waals surface area contributed by atoms with E-state index in [1.807, 2.05) is 19.9 Å². The molecule has 0 saturated heterocycles. The van der Waals surface area contributed by atoms with Gasteiger partial charge in [0.1, 0.15) is 5.56 Å². The van der Waals surface area contributed by atoms with E-state index in [2.05, 4.69) is 22.3 Å². The first-order valence-corrected chi connectivity index (χ1v) is 8.19. The number of nitrogens with zero attached hydrogens (tertiary/aromatic N) is 3. The smallest absolute Gasteiger partial charge is 0.256 e. The molecule has 0 aromatic carbocycles. The van der Waals surface area contributed by atoms with Gasteiger partial charge in [0.15, 0.2) is 5.65 Å². The minimum Gasteiger partial charge on any atom is -0.349 e. The van der Waals surface area contributed by atoms with E-state index in [1.165, 1.54) is 32.1 Å². The van der Waals surface area contributed by atoms with Gasteiger partial charge in [-0.15, -0.1) is 0 Å². The zero-order valence-electron chi connectivity index (χ0n) is 13.6. The Kier molecular flexibility index (Phi) is 4.14. The minimum atomic E-state index is -0.0643. The molecule has 0 bridgehead atoms. The molecule has 0 radical (unpaired) electrons. The normalized spacial score (nSPS) is 17.6. The fourth-order valence-corrected chi connectivity index (χ4v) is 3.47. The lowest BCUT2D eigenvalue weighted by Gasteiger charge is -2.28. The molecular weight excluding hydrogens is 276 g/mol. The Hall–Kier alpha value is -1.91. The third-order valence-electron chi connectivity index (χ3n) is 4.74. The zero-order chi connectivity index (χ0) is 15.7. The first kappa shape index (κ1) is 15.0. The van der Waals surface area contributed by atoms with E-state index in [0.717, 1.165) is 11.4 Å². The number of carbonyl (C=O) groups is 1. The lowest BCUT2D eigenvalue weighted by atomic mass is 9.84. The molecule has 5 nitrogen and oxygen atoms in total. The Morgan fingerprint density at radius 3 is 2.77 bits per heavy atom. The molecule has 5 heteroatoms. The summed E-state index contributed by atoms with van der Waals surface area (Å²) in [6.45, 7) is 6.02. The topological polar surface area (TPSA) is 59.3 Å². The Bertz CT molecular complexity index is 685. The van der Waals surface area contributed by atoms with E-state index in [1.54, 1.807) is 10.7 Å². The SMILES string of the molecule is Cc1cc(C)n2ncc(C(=O)N[C@@H](C)C3CCCCC3)c2n1. The second kappa shape index (κ2) is 6.07. The molecule has 118 valence electrons. The van der Waals surface area contributed by atoms with E-state index < -0.39 is 0 Å². The highest BCUT2D eigenvalue weighted by atomic mass is 16.1. The maximum absolute atomic E-state index is 12.6. The average molecular weight is 300 g/mol. The van der Waals surface area contributed by atoms with Gasteiger partial charge >= 0.3 is 0 Å². The highest BCUT2D eigenvalue weighted by Gasteiger charge is 2.23. The molecule has 2 aromatic rings. The predicted molar refractivity (Wildman–Crippen MR) is 86.0 cm³/mol. The summed E-state index contributed by atoms with van der Waals surface area (Å²) in [4.78, 5) is 17.1. The Morgan fingerprint density at radius 1 is 1.32 bits per heavy atom. The number of nitrogens with one attached hydrogen (secondary N) is 1. The standard InChI is InChI=1S/C17H24N4O/c1-11-9-12(2)21-16(19-11)15(10-18-21)17(22)20-13(3)14-7-5-4-6-8-14/h9-10,13-14H,4-8H2,1-3H3,(H,20,22)/t13-/m0/s1. The summed E-state index contributed by atoms with van der Waals surface area (Å²) in [7, 11) is 0. The molecule has 0 spiro atoms. The predicted octanol–water partition coefficient (Wildman–Crippen LogP) is 3.04. The molecule has 1 atom stereocenters. The van der Waals surface area contributed by atoms with Crippen molar-refractivity contribution in [3.63, 3.8) is 0 Å². The van der Waals surface area contributed by atoms with Gasteiger partial charge in [0.25, 0.3) is 5.91 Å². The first-order valence-electron chi connectivity index (χ1n) is 8.19. The van der Waals surface area contributed by atoms with Crippen LogP contribution in [0.3, 0.4) is 0 Å². The van der Waals surface area contributed by atoms with Crippen LogP contribution in [0.25, 0.3) is 5.65 Å². The maximum Gasteiger partial charge on any atom is 0.256 e. The van der Waals surface area contributed by atoms with Crippen LogP contribution in [-0.2, 0) is 0 Å². The average Bonchev–Trinajstić information content (AvgIpc) is 2.92. The molecule has 2 heterocycles. The van der Waals surface area contributed by atoms with Crippen LogP contribution in [0, 0.1) is 19.8 Å². The molecule has 3 rings (SSSR count). The van der Waals surface area contributed by atoms with Crippen molar-refractivity contribution in [3.05, 3.63) is 29.2 Å². The van der Waals surface area contributed by atoms with Gasteiger partial charge in [-0.1, -0.05) is 19.3 Å². The zero-order valence-corrected chi connectivity index (χ0v) is 13.6. The summed E-state index contributed by atoms with van der Waals surface area (Å²) in [6, 6.07) is 2.17. The highest BCUT2D eigenvalue weighted by Crippen LogP contribution is 2.26. The molecule has 0 aliphatic heterocycles. The molecule has 1 aliphatic rings. The third-order valence-corrected chi connectivity index (χ3v) is 4.74. The second-order valence-corrected chi connectivity index (χ2v) is 6.49. The van der Waals surface area contributed by atoms with Crippen molar-refractivity contribution in [2.24, 2.45) is 5.92 Å². The van der Waals surface area contributed by atoms with Gasteiger partial charge in [-0.3, -0.25) is 4.79 Å². The van der Waals surface area contributed by atoms with Crippen LogP contribution in [-0.4, -0.2) is 26.5 Å². The van der Waals surface area contributed by atoms with Gasteiger partial charge < -0.3 is 5.32 Å². The molecule has 1 N–H and O–H groups in total. The second-order valence-electron chi connectivity index (χ2n) is 6.49. The summed E-state index contributed by atoms with van der Waals surface area (Å²) in [6.07, 6.45) is 7.94. The van der Waals surface area contributed by atoms with E-state index >= 15 is 0 Å². The van der Waals surface area contributed by atoms with E-state index in [0.29, 0.717) is 17.1 Å². The molecular formula is C17H24N4O. The summed E-state index contributed by atoms with van der Waals surface area (Å²) in [5.41, 5.74) is 3.10. The molecule has 0 unspecified atom stereocenters. The molecule has 1 saturated carbocycles. The molecule has 1 fully saturated rings. The van der Waals surface area contributed by atoms with Gasteiger partial charge in [0.05, 0.1) is 6.20 Å². The number of hydrogen-bond acceptors (Lipinski definition) is 3. The molecule has 2 aromatic heterocycles. The number of aryl methyl sites for hydroxylation is 2. The highest BCUT2D eigenvalue weighted by molar-refractivity contribution is 5.99. The fraction of sp³-hybridized carbons (Fsp3) is 0.588. The van der Waals surface area contributed by atoms with Gasteiger partial charge in [-0.2, -0.15) is 5.10 Å². The van der Waals surface area contributed by atoms with Gasteiger partial charge in [0.2, 0.25) is 0 Å². The van der Waals surface area contributed by atoms with Crippen molar-refractivity contribution in [1.29, 1.82) is 0 Å². The van der Waals surface area contributed by atoms with Crippen LogP contribution < -0.4 is 5.32 Å². The fourth-order valence-electron chi connectivity index (χ4n) is 3.47. The molecule has 1 amide bonds. The van der Waals surface area contributed by atoms with Crippen LogP contribution in [0.15, 0.2) is 12.3 Å². The van der Waals surface area contributed by atoms with Crippen molar-refractivity contribution in [2.75, 3.05) is 0 Å². The third kappa shape index (κ3) is 2.85. The van der Waals surface area contributed by atoms with Crippen molar-refractivity contribution in [1.82, 2.24) is 19.9 Å². The van der Waals surface area contributed by atoms with Crippen LogP contribution in [0.5, 0.6) is 0 Å². The summed E-state index contributed by atoms with van der Waals surface area (Å²) < 4.78 is 1.73. The van der Waals surface area contributed by atoms with Crippen molar-refractivity contribution < 1.29 is 4.79 Å². The number of carbonyl (C=O) groups excluding carboxylic acids is 1. The lowest BCUT2D eigenvalue weighted by molar-refractivity contribution is 0.0921. The van der Waals surface area contributed by atoms with Crippen molar-refractivity contribution >= 4 is 11.6 Å². The Labute approximate surface area is 131 Å². The van der Waals surface area contributed by atoms with E-state index in [4.69, 9.17) is 0 Å². The van der Waals surface area contributed by atoms with Crippen LogP contribution in [0.1, 0.15) is 60.8 Å². The lowest BCUT2D eigenvalue weighted by Crippen LogP contribution is -2.38. The van der Waals surface area contributed by atoms with Crippen LogP contribution in [0.2, 0.25) is 0 Å². The van der Waals surface area contributed by atoms with Crippen molar-refractivity contribution in [2.45, 2.75) is 58.9 Å². The quantitative estimate of drug-likeness (QED) is 0.947. The van der Waals surface area contributed by atoms with Gasteiger partial charge in [0, 0.05) is 17.4 Å². The van der Waals surface area contributed by atoms with Gasteiger partial charge in [-0.05, 0) is 45.6 Å². The largest absolute Gasteiger partial charge is 0.349 e. The number of fused-ring (bicyclic) bond motifs is 1. The summed E-state index contributed by atoms with van der Waals surface area (Å²) in [5.74, 6) is 0.529. The van der Waals surface area contributed by atoms with Crippen LogP contribution >= 0.6 is 0 Å². The number of amides is 1. The Balaban J connectivity index is 1.80. The molecule has 22 heavy (non-hydrogen) atoms. The maximum atomic E-state index is 12.6. The van der Waals surface area contributed by atoms with Crippen molar-refractivity contribution in [3.8, 4) is 0 Å². The summed E-state index contributed by atoms with van der Waals surface area (Å²) >= 11 is 0. The van der Waals surface area contributed by atoms with Gasteiger partial charge in [-0.25, -0.2) is 9.50 Å². The first-order chi connectivity index (χ1) is 10.6. The summed E-state index contributed by atoms with van der Waals surface area (Å²) in [5, 5.41) is 7.44. The molecule has 1 aliphatic carbocycles. The Morgan fingerprint density at radius 2 is 2.05 bits per heavy atom.